The van der Waals surface area contributed by atoms with Crippen LogP contribution in [0.2, 0.25) is 0 Å². The average molecular weight is 408 g/mol. The highest BCUT2D eigenvalue weighted by atomic mass is 19.3. The van der Waals surface area contributed by atoms with Gasteiger partial charge in [-0.3, -0.25) is 4.79 Å². The van der Waals surface area contributed by atoms with E-state index in [1.54, 1.807) is 19.9 Å². The molecular weight excluding hydrogens is 378 g/mol. The number of ether oxygens (including phenoxy) is 1. The lowest BCUT2D eigenvalue weighted by Crippen LogP contribution is -2.63. The molecule has 0 radical (unpaired) electrons. The van der Waals surface area contributed by atoms with Crippen LogP contribution in [0.25, 0.3) is 0 Å². The number of hydrogen-bond donors (Lipinski definition) is 1. The molecule has 1 aromatic rings. The predicted molar refractivity (Wildman–Crippen MR) is 104 cm³/mol. The summed E-state index contributed by atoms with van der Waals surface area (Å²) in [6.07, 6.45) is 6.14. The maximum absolute atomic E-state index is 13.5. The molecule has 1 saturated heterocycles. The molecule has 1 spiro atoms. The van der Waals surface area contributed by atoms with Crippen LogP contribution in [-0.4, -0.2) is 45.7 Å². The van der Waals surface area contributed by atoms with Crippen molar-refractivity contribution in [3.05, 3.63) is 23.4 Å². The maximum Gasteiger partial charge on any atom is 0.272 e. The Kier molecular flexibility index (Phi) is 4.88. The first-order valence-corrected chi connectivity index (χ1v) is 10.5. The van der Waals surface area contributed by atoms with E-state index in [1.807, 2.05) is 4.90 Å². The van der Waals surface area contributed by atoms with Crippen molar-refractivity contribution in [2.45, 2.75) is 76.9 Å². The third-order valence-corrected chi connectivity index (χ3v) is 6.93. The van der Waals surface area contributed by atoms with Crippen molar-refractivity contribution in [2.24, 2.45) is 11.3 Å². The molecule has 2 aliphatic carbocycles. The van der Waals surface area contributed by atoms with Gasteiger partial charge < -0.3 is 14.7 Å². The van der Waals surface area contributed by atoms with Gasteiger partial charge in [-0.2, -0.15) is 0 Å². The van der Waals surface area contributed by atoms with Gasteiger partial charge in [0.05, 0.1) is 5.60 Å². The summed E-state index contributed by atoms with van der Waals surface area (Å²) in [7, 11) is 0. The molecule has 1 N–H and O–H groups in total. The SMILES string of the molecule is Cc1cc(OC2CCC3(CC2)CN(C(=O)C2CC(C)(O)C2)C3)ncc1C(C)(F)F. The van der Waals surface area contributed by atoms with Crippen molar-refractivity contribution in [1.82, 2.24) is 9.88 Å². The second kappa shape index (κ2) is 6.89. The molecule has 2 heterocycles. The Labute approximate surface area is 170 Å². The smallest absolute Gasteiger partial charge is 0.272 e. The third-order valence-electron chi connectivity index (χ3n) is 6.93. The van der Waals surface area contributed by atoms with Gasteiger partial charge in [0, 0.05) is 49.2 Å². The molecule has 29 heavy (non-hydrogen) atoms. The Morgan fingerprint density at radius 2 is 1.93 bits per heavy atom. The number of carbonyl (C=O) groups excluding carboxylic acids is 1. The Morgan fingerprint density at radius 3 is 2.45 bits per heavy atom. The van der Waals surface area contributed by atoms with Crippen LogP contribution in [0.1, 0.15) is 63.5 Å². The third kappa shape index (κ3) is 4.11. The lowest BCUT2D eigenvalue weighted by molar-refractivity contribution is -0.164. The summed E-state index contributed by atoms with van der Waals surface area (Å²) in [5.41, 5.74) is -0.0626. The minimum absolute atomic E-state index is 0.0187. The number of amides is 1. The topological polar surface area (TPSA) is 62.7 Å². The van der Waals surface area contributed by atoms with E-state index in [1.165, 1.54) is 6.20 Å². The molecule has 160 valence electrons. The van der Waals surface area contributed by atoms with E-state index < -0.39 is 11.5 Å². The second-order valence-corrected chi connectivity index (χ2v) is 9.84. The Balaban J connectivity index is 1.26. The van der Waals surface area contributed by atoms with Crippen molar-refractivity contribution >= 4 is 5.91 Å². The van der Waals surface area contributed by atoms with Crippen molar-refractivity contribution in [2.75, 3.05) is 13.1 Å². The summed E-state index contributed by atoms with van der Waals surface area (Å²) in [6, 6.07) is 1.59. The fourth-order valence-electron chi connectivity index (χ4n) is 5.22. The van der Waals surface area contributed by atoms with Gasteiger partial charge in [0.1, 0.15) is 6.10 Å². The molecular formula is C22H30F2N2O3. The number of alkyl halides is 2. The number of carbonyl (C=O) groups is 1. The summed E-state index contributed by atoms with van der Waals surface area (Å²) in [4.78, 5) is 18.5. The van der Waals surface area contributed by atoms with Crippen LogP contribution in [0.4, 0.5) is 8.78 Å². The van der Waals surface area contributed by atoms with E-state index in [0.717, 1.165) is 45.7 Å². The van der Waals surface area contributed by atoms with Crippen LogP contribution in [-0.2, 0) is 10.7 Å². The summed E-state index contributed by atoms with van der Waals surface area (Å²) in [5.74, 6) is -2.34. The molecule has 0 atom stereocenters. The molecule has 1 aromatic heterocycles. The monoisotopic (exact) mass is 408 g/mol. The van der Waals surface area contributed by atoms with E-state index in [9.17, 15) is 18.7 Å². The van der Waals surface area contributed by atoms with Crippen molar-refractivity contribution in [3.8, 4) is 5.88 Å². The first kappa shape index (κ1) is 20.5. The number of pyridine rings is 1. The van der Waals surface area contributed by atoms with Gasteiger partial charge >= 0.3 is 0 Å². The predicted octanol–water partition coefficient (Wildman–Crippen LogP) is 3.81. The standard InChI is InChI=1S/C22H30F2N2O3/c1-14-8-18(25-11-17(14)21(3,23)24)29-16-4-6-22(7-5-16)12-26(13-22)19(27)15-9-20(2,28)10-15/h8,11,15-16,28H,4-7,9-10,12-13H2,1-3H3. The van der Waals surface area contributed by atoms with Crippen LogP contribution in [0.5, 0.6) is 5.88 Å². The Bertz CT molecular complexity index is 782. The number of aromatic nitrogens is 1. The first-order valence-electron chi connectivity index (χ1n) is 10.5. The minimum atomic E-state index is -2.91. The highest BCUT2D eigenvalue weighted by Crippen LogP contribution is 2.47. The molecule has 7 heteroatoms. The molecule has 1 aliphatic heterocycles. The zero-order chi connectivity index (χ0) is 21.0. The molecule has 0 aromatic carbocycles. The van der Waals surface area contributed by atoms with Crippen LogP contribution >= 0.6 is 0 Å². The maximum atomic E-state index is 13.5. The van der Waals surface area contributed by atoms with E-state index in [-0.39, 0.29) is 28.9 Å². The van der Waals surface area contributed by atoms with E-state index >= 15 is 0 Å². The fourth-order valence-corrected chi connectivity index (χ4v) is 5.22. The first-order chi connectivity index (χ1) is 13.5. The molecule has 5 nitrogen and oxygen atoms in total. The summed E-state index contributed by atoms with van der Waals surface area (Å²) >= 11 is 0. The van der Waals surface area contributed by atoms with Crippen molar-refractivity contribution in [1.29, 1.82) is 0 Å². The normalized spacial score (nSPS) is 29.3. The summed E-state index contributed by atoms with van der Waals surface area (Å²) in [6.45, 7) is 5.91. The fraction of sp³-hybridized carbons (Fsp3) is 0.727. The van der Waals surface area contributed by atoms with Crippen LogP contribution in [0.15, 0.2) is 12.3 Å². The number of rotatable bonds is 4. The second-order valence-electron chi connectivity index (χ2n) is 9.84. The molecule has 2 saturated carbocycles. The van der Waals surface area contributed by atoms with Crippen LogP contribution in [0.3, 0.4) is 0 Å². The highest BCUT2D eigenvalue weighted by Gasteiger charge is 2.51. The van der Waals surface area contributed by atoms with E-state index in [4.69, 9.17) is 4.74 Å². The largest absolute Gasteiger partial charge is 0.474 e. The van der Waals surface area contributed by atoms with Gasteiger partial charge in [0.25, 0.3) is 5.92 Å². The molecule has 3 fully saturated rings. The van der Waals surface area contributed by atoms with Crippen LogP contribution in [0, 0.1) is 18.3 Å². The van der Waals surface area contributed by atoms with E-state index in [0.29, 0.717) is 24.3 Å². The molecule has 1 amide bonds. The van der Waals surface area contributed by atoms with Crippen molar-refractivity contribution in [3.63, 3.8) is 0 Å². The molecule has 0 unspecified atom stereocenters. The Hall–Kier alpha value is -1.76. The van der Waals surface area contributed by atoms with Crippen molar-refractivity contribution < 1.29 is 23.4 Å². The number of hydrogen-bond acceptors (Lipinski definition) is 4. The molecule has 4 rings (SSSR count). The number of aryl methyl sites for hydroxylation is 1. The van der Waals surface area contributed by atoms with Crippen LogP contribution < -0.4 is 4.74 Å². The lowest BCUT2D eigenvalue weighted by Gasteiger charge is -2.55. The van der Waals surface area contributed by atoms with Gasteiger partial charge in [-0.1, -0.05) is 0 Å². The number of likely N-dealkylation sites (tertiary alicyclic amines) is 1. The van der Waals surface area contributed by atoms with Gasteiger partial charge in [-0.25, -0.2) is 13.8 Å². The minimum Gasteiger partial charge on any atom is -0.474 e. The van der Waals surface area contributed by atoms with E-state index in [2.05, 4.69) is 4.98 Å². The zero-order valence-electron chi connectivity index (χ0n) is 17.4. The number of nitrogens with zero attached hydrogens (tertiary/aromatic N) is 2. The molecule has 3 aliphatic rings. The van der Waals surface area contributed by atoms with Gasteiger partial charge in [0.15, 0.2) is 0 Å². The summed E-state index contributed by atoms with van der Waals surface area (Å²) in [5, 5.41) is 9.84. The molecule has 0 bridgehead atoms. The zero-order valence-corrected chi connectivity index (χ0v) is 17.4. The van der Waals surface area contributed by atoms with Gasteiger partial charge in [-0.05, 0) is 57.9 Å². The number of aliphatic hydroxyl groups is 1. The Morgan fingerprint density at radius 1 is 1.31 bits per heavy atom. The average Bonchev–Trinajstić information content (AvgIpc) is 2.57. The number of halogens is 2. The quantitative estimate of drug-likeness (QED) is 0.823. The highest BCUT2D eigenvalue weighted by molar-refractivity contribution is 5.81. The van der Waals surface area contributed by atoms with Gasteiger partial charge in [-0.15, -0.1) is 0 Å². The van der Waals surface area contributed by atoms with Gasteiger partial charge in [0.2, 0.25) is 11.8 Å². The summed E-state index contributed by atoms with van der Waals surface area (Å²) < 4.78 is 33.0. The lowest BCUT2D eigenvalue weighted by atomic mass is 9.66.